The van der Waals surface area contributed by atoms with Crippen LogP contribution >= 0.6 is 0 Å². The maximum absolute atomic E-state index is 12.8. The third-order valence-electron chi connectivity index (χ3n) is 6.39. The van der Waals surface area contributed by atoms with Gasteiger partial charge in [-0.3, -0.25) is 14.5 Å². The highest BCUT2D eigenvalue weighted by Gasteiger charge is 2.66. The van der Waals surface area contributed by atoms with E-state index >= 15 is 0 Å². The Balaban J connectivity index is 1.33. The molecule has 0 radical (unpaired) electrons. The topological polar surface area (TPSA) is 49.4 Å². The molecule has 2 bridgehead atoms. The van der Waals surface area contributed by atoms with Crippen molar-refractivity contribution in [3.8, 4) is 0 Å². The average molecular weight is 362 g/mol. The number of nitrogens with one attached hydrogen (secondary N) is 1. The third-order valence-corrected chi connectivity index (χ3v) is 6.39. The summed E-state index contributed by atoms with van der Waals surface area (Å²) in [7, 11) is 0. The van der Waals surface area contributed by atoms with Gasteiger partial charge >= 0.3 is 6.18 Å². The van der Waals surface area contributed by atoms with E-state index in [0.29, 0.717) is 11.8 Å². The molecule has 6 atom stereocenters. The maximum Gasteiger partial charge on any atom is 0.416 e. The molecule has 6 rings (SSSR count). The van der Waals surface area contributed by atoms with E-state index < -0.39 is 11.7 Å². The summed E-state index contributed by atoms with van der Waals surface area (Å²) >= 11 is 0. The zero-order valence-electron chi connectivity index (χ0n) is 13.7. The highest BCUT2D eigenvalue weighted by molar-refractivity contribution is 6.06. The van der Waals surface area contributed by atoms with Gasteiger partial charge in [0.05, 0.1) is 24.1 Å². The summed E-state index contributed by atoms with van der Waals surface area (Å²) in [5.74, 6) is 0.385. The predicted molar refractivity (Wildman–Crippen MR) is 86.5 cm³/mol. The van der Waals surface area contributed by atoms with E-state index in [9.17, 15) is 22.8 Å². The molecular weight excluding hydrogens is 345 g/mol. The van der Waals surface area contributed by atoms with Crippen LogP contribution in [0.3, 0.4) is 0 Å². The zero-order valence-corrected chi connectivity index (χ0v) is 13.7. The summed E-state index contributed by atoms with van der Waals surface area (Å²) in [4.78, 5) is 26.8. The molecule has 4 aliphatic carbocycles. The number of hydrogen-bond donors (Lipinski definition) is 1. The molecule has 5 aliphatic rings. The van der Waals surface area contributed by atoms with Gasteiger partial charge in [0.25, 0.3) is 0 Å². The molecule has 1 aliphatic heterocycles. The van der Waals surface area contributed by atoms with Gasteiger partial charge in [-0.1, -0.05) is 18.2 Å². The smallest absolute Gasteiger partial charge is 0.367 e. The van der Waals surface area contributed by atoms with Gasteiger partial charge < -0.3 is 5.32 Å². The van der Waals surface area contributed by atoms with Crippen molar-refractivity contribution < 1.29 is 22.8 Å². The summed E-state index contributed by atoms with van der Waals surface area (Å²) < 4.78 is 38.4. The van der Waals surface area contributed by atoms with Crippen molar-refractivity contribution >= 4 is 17.5 Å². The molecule has 0 unspecified atom stereocenters. The molecule has 1 aromatic rings. The molecule has 1 saturated heterocycles. The van der Waals surface area contributed by atoms with Crippen molar-refractivity contribution in [2.24, 2.45) is 35.5 Å². The Labute approximate surface area is 148 Å². The Morgan fingerprint density at radius 2 is 1.65 bits per heavy atom. The van der Waals surface area contributed by atoms with Crippen LogP contribution in [0.25, 0.3) is 0 Å². The molecule has 2 amide bonds. The molecule has 3 fully saturated rings. The van der Waals surface area contributed by atoms with E-state index in [2.05, 4.69) is 17.5 Å². The lowest BCUT2D eigenvalue weighted by Gasteiger charge is -2.37. The number of carbonyl (C=O) groups excluding carboxylic acids is 2. The fraction of sp³-hybridized carbons (Fsp3) is 0.474. The van der Waals surface area contributed by atoms with Crippen LogP contribution < -0.4 is 5.32 Å². The van der Waals surface area contributed by atoms with Gasteiger partial charge in [0.1, 0.15) is 0 Å². The lowest BCUT2D eigenvalue weighted by molar-refractivity contribution is -0.140. The predicted octanol–water partition coefficient (Wildman–Crippen LogP) is 3.13. The average Bonchev–Trinajstić information content (AvgIpc) is 3.38. The SMILES string of the molecule is O=C1[C@H]2[C@@H]3C=C[C@@H]([C@H]4C[C@H]34)[C@@H]2C(=O)N1CNc1cccc(C(F)(F)F)c1. The number of anilines is 1. The van der Waals surface area contributed by atoms with E-state index in [-0.39, 0.29) is 47.8 Å². The number of allylic oxidation sites excluding steroid dienone is 2. The van der Waals surface area contributed by atoms with Gasteiger partial charge in [-0.2, -0.15) is 13.2 Å². The molecule has 1 N–H and O–H groups in total. The van der Waals surface area contributed by atoms with Gasteiger partial charge in [0, 0.05) is 5.69 Å². The van der Waals surface area contributed by atoms with Crippen LogP contribution in [0.15, 0.2) is 36.4 Å². The molecule has 0 aromatic heterocycles. The Morgan fingerprint density at radius 3 is 2.23 bits per heavy atom. The van der Waals surface area contributed by atoms with Crippen LogP contribution in [-0.2, 0) is 15.8 Å². The fourth-order valence-electron chi connectivity index (χ4n) is 5.15. The molecule has 1 heterocycles. The number of likely N-dealkylation sites (tertiary alicyclic amines) is 1. The van der Waals surface area contributed by atoms with E-state index in [1.54, 1.807) is 0 Å². The Morgan fingerprint density at radius 1 is 1.04 bits per heavy atom. The minimum absolute atomic E-state index is 0.0965. The number of hydrogen-bond acceptors (Lipinski definition) is 3. The molecule has 136 valence electrons. The highest BCUT2D eigenvalue weighted by atomic mass is 19.4. The second-order valence-electron chi connectivity index (χ2n) is 7.67. The Hall–Kier alpha value is -2.31. The summed E-state index contributed by atoms with van der Waals surface area (Å²) in [5.41, 5.74) is -0.531. The number of carbonyl (C=O) groups is 2. The number of nitrogens with zero attached hydrogens (tertiary/aromatic N) is 1. The first-order valence-corrected chi connectivity index (χ1v) is 8.81. The largest absolute Gasteiger partial charge is 0.416 e. The molecule has 1 aromatic carbocycles. The van der Waals surface area contributed by atoms with E-state index in [1.807, 2.05) is 0 Å². The van der Waals surface area contributed by atoms with Crippen LogP contribution in [0.2, 0.25) is 0 Å². The Bertz CT molecular complexity index is 798. The first-order chi connectivity index (χ1) is 12.4. The molecule has 4 nitrogen and oxygen atoms in total. The summed E-state index contributed by atoms with van der Waals surface area (Å²) in [5, 5.41) is 2.81. The molecule has 7 heteroatoms. The fourth-order valence-corrected chi connectivity index (χ4v) is 5.15. The van der Waals surface area contributed by atoms with Gasteiger partial charge in [-0.05, 0) is 48.3 Å². The van der Waals surface area contributed by atoms with Crippen molar-refractivity contribution in [1.29, 1.82) is 0 Å². The van der Waals surface area contributed by atoms with Crippen LogP contribution in [0.5, 0.6) is 0 Å². The monoisotopic (exact) mass is 362 g/mol. The van der Waals surface area contributed by atoms with Crippen LogP contribution in [-0.4, -0.2) is 23.4 Å². The molecule has 26 heavy (non-hydrogen) atoms. The number of benzene rings is 1. The normalized spacial score (nSPS) is 37.0. The minimum atomic E-state index is -4.43. The molecule has 0 spiro atoms. The highest BCUT2D eigenvalue weighted by Crippen LogP contribution is 2.65. The minimum Gasteiger partial charge on any atom is -0.367 e. The number of alkyl halides is 3. The van der Waals surface area contributed by atoms with Gasteiger partial charge in [0.2, 0.25) is 11.8 Å². The van der Waals surface area contributed by atoms with Gasteiger partial charge in [0.15, 0.2) is 0 Å². The van der Waals surface area contributed by atoms with E-state index in [4.69, 9.17) is 0 Å². The van der Waals surface area contributed by atoms with E-state index in [1.165, 1.54) is 17.0 Å². The standard InChI is InChI=1S/C19H17F3N2O2/c20-19(21,22)9-2-1-3-10(6-9)23-8-24-17(25)15-11-4-5-12(14-7-13(11)14)16(15)18(24)26/h1-6,11-16,23H,7-8H2/t11-,12+,13-,14-,15+,16+/m1/s1. The number of amides is 2. The second kappa shape index (κ2) is 5.11. The van der Waals surface area contributed by atoms with E-state index in [0.717, 1.165) is 18.6 Å². The molecular formula is C19H17F3N2O2. The second-order valence-corrected chi connectivity index (χ2v) is 7.67. The van der Waals surface area contributed by atoms with Crippen molar-refractivity contribution in [2.45, 2.75) is 12.6 Å². The van der Waals surface area contributed by atoms with Crippen LogP contribution in [0.4, 0.5) is 18.9 Å². The lowest BCUT2D eigenvalue weighted by Crippen LogP contribution is -2.40. The van der Waals surface area contributed by atoms with Crippen molar-refractivity contribution in [3.63, 3.8) is 0 Å². The maximum atomic E-state index is 12.8. The quantitative estimate of drug-likeness (QED) is 0.664. The summed E-state index contributed by atoms with van der Waals surface area (Å²) in [6.07, 6.45) is 0.847. The van der Waals surface area contributed by atoms with Crippen molar-refractivity contribution in [1.82, 2.24) is 4.90 Å². The number of imide groups is 1. The lowest BCUT2D eigenvalue weighted by atomic mass is 9.63. The first kappa shape index (κ1) is 15.9. The third kappa shape index (κ3) is 2.15. The van der Waals surface area contributed by atoms with Crippen molar-refractivity contribution in [2.75, 3.05) is 12.0 Å². The number of halogens is 3. The van der Waals surface area contributed by atoms with Gasteiger partial charge in [-0.25, -0.2) is 0 Å². The summed E-state index contributed by atoms with van der Waals surface area (Å²) in [6.45, 7) is -0.0965. The van der Waals surface area contributed by atoms with Gasteiger partial charge in [-0.15, -0.1) is 0 Å². The van der Waals surface area contributed by atoms with Crippen LogP contribution in [0.1, 0.15) is 12.0 Å². The Kier molecular flexibility index (Phi) is 3.13. The van der Waals surface area contributed by atoms with Crippen molar-refractivity contribution in [3.05, 3.63) is 42.0 Å². The zero-order chi connectivity index (χ0) is 18.2. The first-order valence-electron chi connectivity index (χ1n) is 8.81. The number of rotatable bonds is 3. The molecule has 2 saturated carbocycles. The summed E-state index contributed by atoms with van der Waals surface area (Å²) in [6, 6.07) is 4.77. The van der Waals surface area contributed by atoms with Crippen LogP contribution in [0, 0.1) is 35.5 Å².